The van der Waals surface area contributed by atoms with Crippen LogP contribution in [0.25, 0.3) is 0 Å². The molecule has 3 nitrogen and oxygen atoms in total. The van der Waals surface area contributed by atoms with Gasteiger partial charge in [-0.3, -0.25) is 4.90 Å². The number of thiophene rings is 1. The number of hydrogen-bond donors (Lipinski definition) is 2. The Balaban J connectivity index is 2.06. The highest BCUT2D eigenvalue weighted by Gasteiger charge is 2.34. The lowest BCUT2D eigenvalue weighted by molar-refractivity contribution is 0.00624. The van der Waals surface area contributed by atoms with Crippen LogP contribution < -0.4 is 5.73 Å². The number of nitrogens with two attached hydrogens (primary N) is 1. The SMILES string of the molecule is Cc1ccsc1C(CN)N(C)CC1(O)CCCC1. The van der Waals surface area contributed by atoms with Crippen LogP contribution in [-0.4, -0.2) is 35.7 Å². The number of rotatable bonds is 5. The summed E-state index contributed by atoms with van der Waals surface area (Å²) in [6.45, 7) is 3.47. The summed E-state index contributed by atoms with van der Waals surface area (Å²) in [5.41, 5.74) is 6.75. The van der Waals surface area contributed by atoms with Crippen LogP contribution in [0.1, 0.15) is 42.2 Å². The molecule has 1 fully saturated rings. The number of aliphatic hydroxyl groups is 1. The van der Waals surface area contributed by atoms with Gasteiger partial charge in [0.1, 0.15) is 0 Å². The Kier molecular flexibility index (Phi) is 4.43. The normalized spacial score (nSPS) is 20.5. The van der Waals surface area contributed by atoms with E-state index in [4.69, 9.17) is 5.73 Å². The molecule has 0 spiro atoms. The first-order valence-electron chi connectivity index (χ1n) is 6.72. The van der Waals surface area contributed by atoms with Gasteiger partial charge in [0, 0.05) is 18.0 Å². The van der Waals surface area contributed by atoms with Crippen molar-refractivity contribution in [3.8, 4) is 0 Å². The maximum absolute atomic E-state index is 10.5. The molecule has 1 aliphatic carbocycles. The molecule has 0 radical (unpaired) electrons. The van der Waals surface area contributed by atoms with Crippen LogP contribution in [-0.2, 0) is 0 Å². The van der Waals surface area contributed by atoms with E-state index < -0.39 is 5.60 Å². The van der Waals surface area contributed by atoms with Gasteiger partial charge in [-0.25, -0.2) is 0 Å². The summed E-state index contributed by atoms with van der Waals surface area (Å²) in [6, 6.07) is 2.37. The summed E-state index contributed by atoms with van der Waals surface area (Å²) in [4.78, 5) is 3.56. The summed E-state index contributed by atoms with van der Waals surface area (Å²) < 4.78 is 0. The minimum absolute atomic E-state index is 0.231. The first-order chi connectivity index (χ1) is 8.56. The highest BCUT2D eigenvalue weighted by atomic mass is 32.1. The molecule has 1 unspecified atom stereocenters. The van der Waals surface area contributed by atoms with Crippen LogP contribution in [0, 0.1) is 6.92 Å². The van der Waals surface area contributed by atoms with E-state index in [1.165, 1.54) is 10.4 Å². The Hall–Kier alpha value is -0.420. The fraction of sp³-hybridized carbons (Fsp3) is 0.714. The lowest BCUT2D eigenvalue weighted by Crippen LogP contribution is -2.42. The first-order valence-corrected chi connectivity index (χ1v) is 7.60. The quantitative estimate of drug-likeness (QED) is 0.861. The fourth-order valence-electron chi connectivity index (χ4n) is 2.98. The highest BCUT2D eigenvalue weighted by molar-refractivity contribution is 7.10. The van der Waals surface area contributed by atoms with E-state index in [-0.39, 0.29) is 6.04 Å². The van der Waals surface area contributed by atoms with Crippen LogP contribution in [0.5, 0.6) is 0 Å². The molecule has 0 aromatic carbocycles. The summed E-state index contributed by atoms with van der Waals surface area (Å²) in [5.74, 6) is 0. The van der Waals surface area contributed by atoms with Crippen LogP contribution in [0.4, 0.5) is 0 Å². The highest BCUT2D eigenvalue weighted by Crippen LogP contribution is 2.33. The molecule has 18 heavy (non-hydrogen) atoms. The molecule has 1 heterocycles. The lowest BCUT2D eigenvalue weighted by atomic mass is 10.0. The molecular weight excluding hydrogens is 244 g/mol. The summed E-state index contributed by atoms with van der Waals surface area (Å²) in [6.07, 6.45) is 4.15. The molecule has 1 aliphatic rings. The lowest BCUT2D eigenvalue weighted by Gasteiger charge is -2.33. The van der Waals surface area contributed by atoms with Gasteiger partial charge < -0.3 is 10.8 Å². The van der Waals surface area contributed by atoms with E-state index in [0.29, 0.717) is 6.54 Å². The monoisotopic (exact) mass is 268 g/mol. The van der Waals surface area contributed by atoms with E-state index in [1.807, 2.05) is 0 Å². The molecule has 0 amide bonds. The molecule has 0 saturated heterocycles. The third-order valence-electron chi connectivity index (χ3n) is 4.04. The largest absolute Gasteiger partial charge is 0.389 e. The van der Waals surface area contributed by atoms with Gasteiger partial charge in [-0.15, -0.1) is 11.3 Å². The first kappa shape index (κ1) is 14.0. The standard InChI is InChI=1S/C14H24N2OS/c1-11-5-8-18-13(11)12(9-15)16(2)10-14(17)6-3-4-7-14/h5,8,12,17H,3-4,6-7,9-10,15H2,1-2H3. The van der Waals surface area contributed by atoms with Crippen molar-refractivity contribution in [2.45, 2.75) is 44.2 Å². The van der Waals surface area contributed by atoms with Crippen molar-refractivity contribution in [1.82, 2.24) is 4.90 Å². The maximum atomic E-state index is 10.5. The molecule has 102 valence electrons. The third kappa shape index (κ3) is 2.94. The molecule has 0 bridgehead atoms. The Morgan fingerprint density at radius 1 is 1.50 bits per heavy atom. The number of aryl methyl sites for hydroxylation is 1. The average Bonchev–Trinajstić information content (AvgIpc) is 2.90. The van der Waals surface area contributed by atoms with Crippen molar-refractivity contribution >= 4 is 11.3 Å². The fourth-order valence-corrected chi connectivity index (χ4v) is 4.08. The average molecular weight is 268 g/mol. The Morgan fingerprint density at radius 2 is 2.17 bits per heavy atom. The van der Waals surface area contributed by atoms with Crippen molar-refractivity contribution in [1.29, 1.82) is 0 Å². The van der Waals surface area contributed by atoms with Gasteiger partial charge in [-0.1, -0.05) is 12.8 Å². The van der Waals surface area contributed by atoms with Crippen molar-refractivity contribution in [2.75, 3.05) is 20.1 Å². The van der Waals surface area contributed by atoms with Crippen LogP contribution in [0.15, 0.2) is 11.4 Å². The third-order valence-corrected chi connectivity index (χ3v) is 5.16. The minimum Gasteiger partial charge on any atom is -0.389 e. The van der Waals surface area contributed by atoms with Crippen LogP contribution in [0.2, 0.25) is 0 Å². The van der Waals surface area contributed by atoms with E-state index >= 15 is 0 Å². The predicted molar refractivity (Wildman–Crippen MR) is 76.9 cm³/mol. The molecule has 3 N–H and O–H groups in total. The van der Waals surface area contributed by atoms with Gasteiger partial charge in [0.15, 0.2) is 0 Å². The molecule has 1 aromatic heterocycles. The molecule has 1 aromatic rings. The number of nitrogens with zero attached hydrogens (tertiary/aromatic N) is 1. The Labute approximate surface area is 114 Å². The zero-order valence-electron chi connectivity index (χ0n) is 11.4. The molecular formula is C14H24N2OS. The molecule has 1 atom stereocenters. The van der Waals surface area contributed by atoms with Crippen molar-refractivity contribution in [3.63, 3.8) is 0 Å². The van der Waals surface area contributed by atoms with Gasteiger partial charge in [-0.05, 0) is 43.8 Å². The second kappa shape index (κ2) is 5.70. The van der Waals surface area contributed by atoms with Crippen molar-refractivity contribution in [3.05, 3.63) is 21.9 Å². The smallest absolute Gasteiger partial charge is 0.0774 e. The second-order valence-electron chi connectivity index (χ2n) is 5.57. The minimum atomic E-state index is -0.493. The van der Waals surface area contributed by atoms with Gasteiger partial charge >= 0.3 is 0 Å². The van der Waals surface area contributed by atoms with E-state index in [0.717, 1.165) is 32.2 Å². The summed E-state index contributed by atoms with van der Waals surface area (Å²) >= 11 is 1.76. The maximum Gasteiger partial charge on any atom is 0.0774 e. The topological polar surface area (TPSA) is 49.5 Å². The van der Waals surface area contributed by atoms with Gasteiger partial charge in [0.25, 0.3) is 0 Å². The summed E-state index contributed by atoms with van der Waals surface area (Å²) in [5, 5.41) is 12.6. The van der Waals surface area contributed by atoms with Crippen LogP contribution in [0.3, 0.4) is 0 Å². The van der Waals surface area contributed by atoms with E-state index in [2.05, 4.69) is 30.3 Å². The Morgan fingerprint density at radius 3 is 2.67 bits per heavy atom. The van der Waals surface area contributed by atoms with Gasteiger partial charge in [0.2, 0.25) is 0 Å². The predicted octanol–water partition coefficient (Wildman–Crippen LogP) is 2.29. The number of hydrogen-bond acceptors (Lipinski definition) is 4. The van der Waals surface area contributed by atoms with Gasteiger partial charge in [-0.2, -0.15) is 0 Å². The second-order valence-corrected chi connectivity index (χ2v) is 6.51. The van der Waals surface area contributed by atoms with Crippen LogP contribution >= 0.6 is 11.3 Å². The molecule has 0 aliphatic heterocycles. The number of likely N-dealkylation sites (N-methyl/N-ethyl adjacent to an activating group) is 1. The zero-order valence-corrected chi connectivity index (χ0v) is 12.2. The molecule has 4 heteroatoms. The van der Waals surface area contributed by atoms with E-state index in [9.17, 15) is 5.11 Å². The molecule has 2 rings (SSSR count). The molecule has 1 saturated carbocycles. The summed E-state index contributed by atoms with van der Waals surface area (Å²) in [7, 11) is 2.08. The van der Waals surface area contributed by atoms with Gasteiger partial charge in [0.05, 0.1) is 11.6 Å². The van der Waals surface area contributed by atoms with Crippen molar-refractivity contribution in [2.24, 2.45) is 5.73 Å². The van der Waals surface area contributed by atoms with E-state index in [1.54, 1.807) is 11.3 Å². The Bertz CT molecular complexity index is 385. The van der Waals surface area contributed by atoms with Crippen molar-refractivity contribution < 1.29 is 5.11 Å². The zero-order chi connectivity index (χ0) is 13.2.